The van der Waals surface area contributed by atoms with Crippen molar-refractivity contribution in [2.75, 3.05) is 19.6 Å². The highest BCUT2D eigenvalue weighted by Crippen LogP contribution is 2.18. The van der Waals surface area contributed by atoms with Crippen LogP contribution in [0.2, 0.25) is 0 Å². The number of nitrogens with two attached hydrogens (primary N) is 1. The second-order valence-corrected chi connectivity index (χ2v) is 5.50. The SMILES string of the molecule is Cl.NCC1CCN(Cc2nccn2-c2ccccc2)CC1. The van der Waals surface area contributed by atoms with Crippen molar-refractivity contribution in [1.29, 1.82) is 0 Å². The van der Waals surface area contributed by atoms with Crippen LogP contribution in [0.5, 0.6) is 0 Å². The van der Waals surface area contributed by atoms with Crippen molar-refractivity contribution in [2.45, 2.75) is 19.4 Å². The number of rotatable bonds is 4. The Hall–Kier alpha value is -1.36. The molecule has 0 bridgehead atoms. The monoisotopic (exact) mass is 306 g/mol. The van der Waals surface area contributed by atoms with E-state index in [4.69, 9.17) is 5.73 Å². The van der Waals surface area contributed by atoms with E-state index in [1.165, 1.54) is 18.5 Å². The summed E-state index contributed by atoms with van der Waals surface area (Å²) in [6.45, 7) is 4.00. The minimum absolute atomic E-state index is 0. The highest BCUT2D eigenvalue weighted by molar-refractivity contribution is 5.85. The van der Waals surface area contributed by atoms with Gasteiger partial charge in [0.15, 0.2) is 0 Å². The van der Waals surface area contributed by atoms with Gasteiger partial charge in [0.1, 0.15) is 5.82 Å². The first kappa shape index (κ1) is 16.0. The van der Waals surface area contributed by atoms with E-state index in [9.17, 15) is 0 Å². The molecule has 1 aromatic heterocycles. The normalized spacial score (nSPS) is 16.6. The number of hydrogen-bond acceptors (Lipinski definition) is 3. The molecule has 21 heavy (non-hydrogen) atoms. The van der Waals surface area contributed by atoms with Crippen molar-refractivity contribution in [3.63, 3.8) is 0 Å². The van der Waals surface area contributed by atoms with Crippen molar-refractivity contribution in [1.82, 2.24) is 14.5 Å². The molecule has 1 saturated heterocycles. The summed E-state index contributed by atoms with van der Waals surface area (Å²) in [5, 5.41) is 0. The fourth-order valence-electron chi connectivity index (χ4n) is 2.86. The third-order valence-electron chi connectivity index (χ3n) is 4.16. The Morgan fingerprint density at radius 1 is 1.14 bits per heavy atom. The molecule has 0 atom stereocenters. The number of imidazole rings is 1. The average molecular weight is 307 g/mol. The van der Waals surface area contributed by atoms with E-state index < -0.39 is 0 Å². The van der Waals surface area contributed by atoms with E-state index in [0.29, 0.717) is 5.92 Å². The fourth-order valence-corrected chi connectivity index (χ4v) is 2.86. The number of nitrogens with zero attached hydrogens (tertiary/aromatic N) is 3. The maximum absolute atomic E-state index is 5.75. The van der Waals surface area contributed by atoms with E-state index in [1.807, 2.05) is 18.5 Å². The second kappa shape index (κ2) is 7.59. The predicted octanol–water partition coefficient (Wildman–Crippen LogP) is 2.46. The summed E-state index contributed by atoms with van der Waals surface area (Å²) in [6.07, 6.45) is 6.34. The molecule has 2 aromatic rings. The smallest absolute Gasteiger partial charge is 0.127 e. The van der Waals surface area contributed by atoms with Crippen LogP contribution in [-0.2, 0) is 6.54 Å². The van der Waals surface area contributed by atoms with Crippen LogP contribution in [0.4, 0.5) is 0 Å². The Kier molecular flexibility index (Phi) is 5.79. The number of piperidine rings is 1. The van der Waals surface area contributed by atoms with Gasteiger partial charge in [-0.15, -0.1) is 12.4 Å². The maximum Gasteiger partial charge on any atom is 0.127 e. The number of para-hydroxylation sites is 1. The third kappa shape index (κ3) is 3.84. The van der Waals surface area contributed by atoms with Crippen LogP contribution in [0, 0.1) is 5.92 Å². The number of likely N-dealkylation sites (tertiary alicyclic amines) is 1. The van der Waals surface area contributed by atoms with Crippen LogP contribution in [0.1, 0.15) is 18.7 Å². The fraction of sp³-hybridized carbons (Fsp3) is 0.438. The van der Waals surface area contributed by atoms with E-state index in [-0.39, 0.29) is 12.4 Å². The van der Waals surface area contributed by atoms with Gasteiger partial charge in [-0.3, -0.25) is 4.90 Å². The Balaban J connectivity index is 0.00000161. The van der Waals surface area contributed by atoms with Gasteiger partial charge in [-0.2, -0.15) is 0 Å². The lowest BCUT2D eigenvalue weighted by Crippen LogP contribution is -2.36. The highest BCUT2D eigenvalue weighted by atomic mass is 35.5. The zero-order chi connectivity index (χ0) is 13.8. The molecule has 0 aliphatic carbocycles. The molecule has 1 fully saturated rings. The summed E-state index contributed by atoms with van der Waals surface area (Å²) in [6, 6.07) is 10.4. The number of hydrogen-bond donors (Lipinski definition) is 1. The van der Waals surface area contributed by atoms with E-state index in [2.05, 4.69) is 38.7 Å². The summed E-state index contributed by atoms with van der Waals surface area (Å²) in [7, 11) is 0. The van der Waals surface area contributed by atoms with E-state index >= 15 is 0 Å². The van der Waals surface area contributed by atoms with E-state index in [0.717, 1.165) is 32.0 Å². The van der Waals surface area contributed by atoms with Gasteiger partial charge in [-0.05, 0) is 50.5 Å². The number of benzene rings is 1. The van der Waals surface area contributed by atoms with Crippen LogP contribution in [0.25, 0.3) is 5.69 Å². The molecule has 4 nitrogen and oxygen atoms in total. The highest BCUT2D eigenvalue weighted by Gasteiger charge is 2.19. The molecular formula is C16H23ClN4. The van der Waals surface area contributed by atoms with Crippen LogP contribution in [0.3, 0.4) is 0 Å². The molecule has 1 aliphatic heterocycles. The first-order valence-corrected chi connectivity index (χ1v) is 7.37. The van der Waals surface area contributed by atoms with Crippen LogP contribution in [0.15, 0.2) is 42.7 Å². The molecule has 0 spiro atoms. The second-order valence-electron chi connectivity index (χ2n) is 5.50. The topological polar surface area (TPSA) is 47.1 Å². The molecule has 1 aromatic carbocycles. The van der Waals surface area contributed by atoms with Crippen molar-refractivity contribution >= 4 is 12.4 Å². The average Bonchev–Trinajstić information content (AvgIpc) is 2.97. The molecular weight excluding hydrogens is 284 g/mol. The summed E-state index contributed by atoms with van der Waals surface area (Å²) in [5.41, 5.74) is 6.93. The predicted molar refractivity (Wildman–Crippen MR) is 87.9 cm³/mol. The summed E-state index contributed by atoms with van der Waals surface area (Å²) >= 11 is 0. The van der Waals surface area contributed by atoms with Crippen LogP contribution < -0.4 is 5.73 Å². The standard InChI is InChI=1S/C16H22N4.ClH/c17-12-14-6-9-19(10-7-14)13-16-18-8-11-20(16)15-4-2-1-3-5-15;/h1-5,8,11,14H,6-7,9-10,12-13,17H2;1H. The summed E-state index contributed by atoms with van der Waals surface area (Å²) in [4.78, 5) is 7.00. The molecule has 114 valence electrons. The zero-order valence-corrected chi connectivity index (χ0v) is 13.0. The van der Waals surface area contributed by atoms with Gasteiger partial charge >= 0.3 is 0 Å². The Morgan fingerprint density at radius 3 is 2.52 bits per heavy atom. The first-order chi connectivity index (χ1) is 9.86. The summed E-state index contributed by atoms with van der Waals surface area (Å²) in [5.74, 6) is 1.82. The van der Waals surface area contributed by atoms with Gasteiger partial charge in [0.25, 0.3) is 0 Å². The number of aromatic nitrogens is 2. The van der Waals surface area contributed by atoms with Gasteiger partial charge in [0, 0.05) is 18.1 Å². The van der Waals surface area contributed by atoms with Gasteiger partial charge in [-0.1, -0.05) is 18.2 Å². The maximum atomic E-state index is 5.75. The lowest BCUT2D eigenvalue weighted by Gasteiger charge is -2.31. The van der Waals surface area contributed by atoms with Gasteiger partial charge in [0.05, 0.1) is 6.54 Å². The first-order valence-electron chi connectivity index (χ1n) is 7.37. The summed E-state index contributed by atoms with van der Waals surface area (Å²) < 4.78 is 2.18. The molecule has 0 unspecified atom stereocenters. The molecule has 1 aliphatic rings. The molecule has 2 N–H and O–H groups in total. The minimum Gasteiger partial charge on any atom is -0.330 e. The molecule has 0 radical (unpaired) electrons. The largest absolute Gasteiger partial charge is 0.330 e. The minimum atomic E-state index is 0. The Morgan fingerprint density at radius 2 is 1.86 bits per heavy atom. The molecule has 3 rings (SSSR count). The van der Waals surface area contributed by atoms with Crippen molar-refractivity contribution < 1.29 is 0 Å². The Labute approximate surface area is 132 Å². The van der Waals surface area contributed by atoms with E-state index in [1.54, 1.807) is 0 Å². The lowest BCUT2D eigenvalue weighted by atomic mass is 9.97. The molecule has 2 heterocycles. The zero-order valence-electron chi connectivity index (χ0n) is 12.2. The molecule has 0 amide bonds. The van der Waals surface area contributed by atoms with Crippen molar-refractivity contribution in [3.8, 4) is 5.69 Å². The quantitative estimate of drug-likeness (QED) is 0.944. The van der Waals surface area contributed by atoms with Crippen LogP contribution >= 0.6 is 12.4 Å². The molecule has 0 saturated carbocycles. The van der Waals surface area contributed by atoms with Gasteiger partial charge in [-0.25, -0.2) is 4.98 Å². The van der Waals surface area contributed by atoms with Crippen molar-refractivity contribution in [3.05, 3.63) is 48.5 Å². The van der Waals surface area contributed by atoms with Gasteiger partial charge in [0.2, 0.25) is 0 Å². The molecule has 5 heteroatoms. The lowest BCUT2D eigenvalue weighted by molar-refractivity contribution is 0.176. The number of halogens is 1. The third-order valence-corrected chi connectivity index (χ3v) is 4.16. The van der Waals surface area contributed by atoms with Crippen LogP contribution in [-0.4, -0.2) is 34.1 Å². The van der Waals surface area contributed by atoms with Gasteiger partial charge < -0.3 is 10.3 Å². The Bertz CT molecular complexity index is 532. The van der Waals surface area contributed by atoms with Crippen molar-refractivity contribution in [2.24, 2.45) is 11.7 Å².